The van der Waals surface area contributed by atoms with E-state index >= 15 is 0 Å². The average Bonchev–Trinajstić information content (AvgIpc) is 2.08. The molecule has 1 rings (SSSR count). The largest absolute Gasteiger partial charge is 0.504 e. The fraction of sp³-hybridized carbons (Fsp3) is 0.111. The Labute approximate surface area is 71.0 Å². The van der Waals surface area contributed by atoms with E-state index in [1.54, 1.807) is 18.2 Å². The predicted molar refractivity (Wildman–Crippen MR) is 48.5 cm³/mol. The van der Waals surface area contributed by atoms with E-state index in [0.717, 1.165) is 0 Å². The molecule has 0 fully saturated rings. The Morgan fingerprint density at radius 1 is 1.42 bits per heavy atom. The molecule has 1 aromatic carbocycles. The van der Waals surface area contributed by atoms with Crippen molar-refractivity contribution in [3.05, 3.63) is 30.9 Å². The van der Waals surface area contributed by atoms with Crippen molar-refractivity contribution in [3.8, 4) is 11.5 Å². The molecule has 1 aromatic rings. The number of hydrogen-bond donors (Lipinski definition) is 3. The maximum atomic E-state index is 9.28. The van der Waals surface area contributed by atoms with Crippen LogP contribution >= 0.6 is 0 Å². The maximum Gasteiger partial charge on any atom is 0.181 e. The van der Waals surface area contributed by atoms with Crippen molar-refractivity contribution < 1.29 is 10.2 Å². The van der Waals surface area contributed by atoms with E-state index in [2.05, 4.69) is 11.9 Å². The number of aromatic hydroxyl groups is 2. The lowest BCUT2D eigenvalue weighted by Crippen LogP contribution is -1.97. The summed E-state index contributed by atoms with van der Waals surface area (Å²) < 4.78 is 0. The lowest BCUT2D eigenvalue weighted by molar-refractivity contribution is 0.405. The zero-order chi connectivity index (χ0) is 8.97. The Kier molecular flexibility index (Phi) is 2.58. The number of phenols is 2. The molecule has 0 saturated heterocycles. The van der Waals surface area contributed by atoms with Crippen LogP contribution in [0.5, 0.6) is 11.5 Å². The summed E-state index contributed by atoms with van der Waals surface area (Å²) >= 11 is 0. The van der Waals surface area contributed by atoms with E-state index in [0.29, 0.717) is 12.2 Å². The molecule has 0 aromatic heterocycles. The van der Waals surface area contributed by atoms with Crippen molar-refractivity contribution in [3.63, 3.8) is 0 Å². The van der Waals surface area contributed by atoms with Crippen molar-refractivity contribution in [2.75, 3.05) is 11.9 Å². The summed E-state index contributed by atoms with van der Waals surface area (Å²) in [7, 11) is 0. The second kappa shape index (κ2) is 3.67. The molecule has 0 radical (unpaired) electrons. The molecule has 64 valence electrons. The average molecular weight is 165 g/mol. The van der Waals surface area contributed by atoms with Crippen LogP contribution in [0.15, 0.2) is 30.9 Å². The summed E-state index contributed by atoms with van der Waals surface area (Å²) in [5.74, 6) is -0.247. The quantitative estimate of drug-likeness (QED) is 0.472. The first kappa shape index (κ1) is 8.46. The van der Waals surface area contributed by atoms with Gasteiger partial charge in [-0.1, -0.05) is 12.1 Å². The van der Waals surface area contributed by atoms with Gasteiger partial charge >= 0.3 is 0 Å². The number of hydrogen-bond acceptors (Lipinski definition) is 3. The first-order valence-corrected chi connectivity index (χ1v) is 3.61. The summed E-state index contributed by atoms with van der Waals surface area (Å²) in [4.78, 5) is 0. The summed E-state index contributed by atoms with van der Waals surface area (Å²) in [5, 5.41) is 21.2. The molecule has 0 aliphatic heterocycles. The zero-order valence-corrected chi connectivity index (χ0v) is 6.62. The van der Waals surface area contributed by atoms with Crippen LogP contribution in [0.3, 0.4) is 0 Å². The van der Waals surface area contributed by atoms with Crippen molar-refractivity contribution in [2.45, 2.75) is 0 Å². The van der Waals surface area contributed by atoms with Crippen LogP contribution in [0.2, 0.25) is 0 Å². The van der Waals surface area contributed by atoms with E-state index in [4.69, 9.17) is 5.11 Å². The molecule has 12 heavy (non-hydrogen) atoms. The van der Waals surface area contributed by atoms with Gasteiger partial charge in [-0.25, -0.2) is 0 Å². The van der Waals surface area contributed by atoms with Gasteiger partial charge in [-0.3, -0.25) is 0 Å². The lowest BCUT2D eigenvalue weighted by atomic mass is 10.2. The van der Waals surface area contributed by atoms with Gasteiger partial charge in [-0.05, 0) is 12.1 Å². The van der Waals surface area contributed by atoms with Gasteiger partial charge < -0.3 is 15.5 Å². The third kappa shape index (κ3) is 1.69. The minimum atomic E-state index is -0.126. The normalized spacial score (nSPS) is 9.33. The monoisotopic (exact) mass is 165 g/mol. The zero-order valence-electron chi connectivity index (χ0n) is 6.62. The van der Waals surface area contributed by atoms with E-state index < -0.39 is 0 Å². The highest BCUT2D eigenvalue weighted by Gasteiger charge is 2.02. The standard InChI is InChI=1S/C9H11NO2/c1-2-6-10-7-4-3-5-8(11)9(7)12/h2-5,10-12H,1,6H2. The van der Waals surface area contributed by atoms with Gasteiger partial charge in [0.15, 0.2) is 11.5 Å². The molecular formula is C9H11NO2. The molecule has 0 spiro atoms. The van der Waals surface area contributed by atoms with E-state index in [9.17, 15) is 5.11 Å². The second-order valence-corrected chi connectivity index (χ2v) is 2.34. The molecule has 3 N–H and O–H groups in total. The van der Waals surface area contributed by atoms with E-state index in [1.807, 2.05) is 0 Å². The van der Waals surface area contributed by atoms with Gasteiger partial charge in [0, 0.05) is 6.54 Å². The molecule has 0 unspecified atom stereocenters. The van der Waals surface area contributed by atoms with Gasteiger partial charge in [-0.2, -0.15) is 0 Å². The Bertz CT molecular complexity index is 284. The Balaban J connectivity index is 2.84. The summed E-state index contributed by atoms with van der Waals surface area (Å²) in [6, 6.07) is 4.76. The highest BCUT2D eigenvalue weighted by molar-refractivity contribution is 5.61. The molecule has 3 nitrogen and oxygen atoms in total. The van der Waals surface area contributed by atoms with Gasteiger partial charge in [0.1, 0.15) is 0 Å². The minimum absolute atomic E-state index is 0.121. The van der Waals surface area contributed by atoms with Crippen LogP contribution in [-0.4, -0.2) is 16.8 Å². The van der Waals surface area contributed by atoms with Crippen molar-refractivity contribution in [1.29, 1.82) is 0 Å². The Morgan fingerprint density at radius 2 is 2.17 bits per heavy atom. The minimum Gasteiger partial charge on any atom is -0.504 e. The number of rotatable bonds is 3. The van der Waals surface area contributed by atoms with E-state index in [-0.39, 0.29) is 11.5 Å². The van der Waals surface area contributed by atoms with Gasteiger partial charge in [0.05, 0.1) is 5.69 Å². The van der Waals surface area contributed by atoms with Crippen LogP contribution in [-0.2, 0) is 0 Å². The Morgan fingerprint density at radius 3 is 2.83 bits per heavy atom. The topological polar surface area (TPSA) is 52.5 Å². The van der Waals surface area contributed by atoms with Crippen molar-refractivity contribution in [2.24, 2.45) is 0 Å². The number of anilines is 1. The third-order valence-corrected chi connectivity index (χ3v) is 1.45. The van der Waals surface area contributed by atoms with Crippen LogP contribution in [0.25, 0.3) is 0 Å². The van der Waals surface area contributed by atoms with E-state index in [1.165, 1.54) is 6.07 Å². The molecular weight excluding hydrogens is 154 g/mol. The fourth-order valence-electron chi connectivity index (χ4n) is 0.856. The van der Waals surface area contributed by atoms with Gasteiger partial charge in [-0.15, -0.1) is 6.58 Å². The summed E-state index contributed by atoms with van der Waals surface area (Å²) in [6.07, 6.45) is 1.67. The van der Waals surface area contributed by atoms with Crippen molar-refractivity contribution in [1.82, 2.24) is 0 Å². The first-order chi connectivity index (χ1) is 5.75. The number of para-hydroxylation sites is 1. The molecule has 0 atom stereocenters. The Hall–Kier alpha value is -1.64. The van der Waals surface area contributed by atoms with Crippen LogP contribution < -0.4 is 5.32 Å². The molecule has 0 amide bonds. The van der Waals surface area contributed by atoms with Gasteiger partial charge in [0.2, 0.25) is 0 Å². The van der Waals surface area contributed by atoms with Crippen LogP contribution in [0.1, 0.15) is 0 Å². The molecule has 0 bridgehead atoms. The molecule has 0 heterocycles. The molecule has 3 heteroatoms. The maximum absolute atomic E-state index is 9.28. The SMILES string of the molecule is C=CCNc1cccc(O)c1O. The van der Waals surface area contributed by atoms with Gasteiger partial charge in [0.25, 0.3) is 0 Å². The smallest absolute Gasteiger partial charge is 0.181 e. The van der Waals surface area contributed by atoms with Crippen LogP contribution in [0.4, 0.5) is 5.69 Å². The highest BCUT2D eigenvalue weighted by Crippen LogP contribution is 2.32. The third-order valence-electron chi connectivity index (χ3n) is 1.45. The summed E-state index contributed by atoms with van der Waals surface area (Å²) in [6.45, 7) is 4.07. The molecule has 0 aliphatic carbocycles. The number of nitrogens with one attached hydrogen (secondary N) is 1. The number of benzene rings is 1. The van der Waals surface area contributed by atoms with Crippen molar-refractivity contribution >= 4 is 5.69 Å². The first-order valence-electron chi connectivity index (χ1n) is 3.61. The fourth-order valence-corrected chi connectivity index (χ4v) is 0.856. The predicted octanol–water partition coefficient (Wildman–Crippen LogP) is 1.70. The van der Waals surface area contributed by atoms with Crippen LogP contribution in [0, 0.1) is 0 Å². The molecule has 0 aliphatic rings. The second-order valence-electron chi connectivity index (χ2n) is 2.34. The summed E-state index contributed by atoms with van der Waals surface area (Å²) in [5.41, 5.74) is 0.509. The molecule has 0 saturated carbocycles. The lowest BCUT2D eigenvalue weighted by Gasteiger charge is -2.06. The highest BCUT2D eigenvalue weighted by atomic mass is 16.3. The number of phenolic OH excluding ortho intramolecular Hbond substituents is 2.